The summed E-state index contributed by atoms with van der Waals surface area (Å²) in [4.78, 5) is 10.8. The first-order valence-electron chi connectivity index (χ1n) is 7.15. The smallest absolute Gasteiger partial charge is 0.313 e. The van der Waals surface area contributed by atoms with Crippen molar-refractivity contribution in [2.75, 3.05) is 5.75 Å². The summed E-state index contributed by atoms with van der Waals surface area (Å²) >= 11 is 1.33. The Balaban J connectivity index is 2.36. The topological polar surface area (TPSA) is 55.1 Å². The van der Waals surface area contributed by atoms with Crippen LogP contribution in [0.1, 0.15) is 32.7 Å². The van der Waals surface area contributed by atoms with Crippen LogP contribution in [0, 0.1) is 0 Å². The van der Waals surface area contributed by atoms with Crippen molar-refractivity contribution in [3.05, 3.63) is 36.4 Å². The molecular formula is C16H20N2O2S. The van der Waals surface area contributed by atoms with Crippen LogP contribution in [0.5, 0.6) is 0 Å². The molecule has 0 unspecified atom stereocenters. The minimum Gasteiger partial charge on any atom is -0.481 e. The van der Waals surface area contributed by atoms with E-state index in [1.165, 1.54) is 11.8 Å². The van der Waals surface area contributed by atoms with Gasteiger partial charge in [0.2, 0.25) is 0 Å². The van der Waals surface area contributed by atoms with Crippen molar-refractivity contribution in [1.29, 1.82) is 0 Å². The molecule has 1 aromatic heterocycles. The molecule has 5 heteroatoms. The Morgan fingerprint density at radius 2 is 1.95 bits per heavy atom. The molecule has 0 amide bonds. The standard InChI is InChI=1S/C16H20N2O2S/c1-3-13(4-2)18-15(21-11-16(19)20)10-14(17-18)12-8-6-5-7-9-12/h5-10,13H,3-4,11H2,1-2H3,(H,19,20). The van der Waals surface area contributed by atoms with Crippen LogP contribution in [0.15, 0.2) is 41.4 Å². The number of thioether (sulfide) groups is 1. The fraction of sp³-hybridized carbons (Fsp3) is 0.375. The van der Waals surface area contributed by atoms with Gasteiger partial charge in [0.15, 0.2) is 0 Å². The van der Waals surface area contributed by atoms with E-state index in [4.69, 9.17) is 10.2 Å². The summed E-state index contributed by atoms with van der Waals surface area (Å²) in [5.74, 6) is -0.751. The van der Waals surface area contributed by atoms with Crippen molar-refractivity contribution in [3.63, 3.8) is 0 Å². The molecule has 2 rings (SSSR count). The summed E-state index contributed by atoms with van der Waals surface area (Å²) in [7, 11) is 0. The van der Waals surface area contributed by atoms with E-state index < -0.39 is 5.97 Å². The molecule has 0 fully saturated rings. The van der Waals surface area contributed by atoms with Crippen molar-refractivity contribution < 1.29 is 9.90 Å². The number of hydrogen-bond acceptors (Lipinski definition) is 3. The van der Waals surface area contributed by atoms with Crippen molar-refractivity contribution >= 4 is 17.7 Å². The molecule has 1 heterocycles. The molecule has 21 heavy (non-hydrogen) atoms. The van der Waals surface area contributed by atoms with Crippen molar-refractivity contribution in [3.8, 4) is 11.3 Å². The van der Waals surface area contributed by atoms with E-state index in [2.05, 4.69) is 13.8 Å². The van der Waals surface area contributed by atoms with Gasteiger partial charge in [0.05, 0.1) is 22.5 Å². The summed E-state index contributed by atoms with van der Waals surface area (Å²) in [5, 5.41) is 14.5. The highest BCUT2D eigenvalue weighted by atomic mass is 32.2. The van der Waals surface area contributed by atoms with Gasteiger partial charge in [0, 0.05) is 5.56 Å². The summed E-state index contributed by atoms with van der Waals surface area (Å²) in [6, 6.07) is 12.3. The molecular weight excluding hydrogens is 284 g/mol. The molecule has 1 aromatic carbocycles. The number of carboxylic acids is 1. The molecule has 0 aliphatic heterocycles. The molecule has 0 saturated carbocycles. The monoisotopic (exact) mass is 304 g/mol. The number of nitrogens with zero attached hydrogens (tertiary/aromatic N) is 2. The maximum absolute atomic E-state index is 10.8. The van der Waals surface area contributed by atoms with E-state index >= 15 is 0 Å². The largest absolute Gasteiger partial charge is 0.481 e. The van der Waals surface area contributed by atoms with Crippen LogP contribution < -0.4 is 0 Å². The van der Waals surface area contributed by atoms with E-state index in [-0.39, 0.29) is 5.75 Å². The second-order valence-corrected chi connectivity index (χ2v) is 5.83. The number of carbonyl (C=O) groups is 1. The molecule has 0 saturated heterocycles. The molecule has 0 aliphatic rings. The summed E-state index contributed by atoms with van der Waals surface area (Å²) in [6.07, 6.45) is 1.96. The lowest BCUT2D eigenvalue weighted by molar-refractivity contribution is -0.133. The van der Waals surface area contributed by atoms with Gasteiger partial charge in [-0.15, -0.1) is 0 Å². The quantitative estimate of drug-likeness (QED) is 0.783. The molecule has 2 aromatic rings. The number of rotatable bonds is 7. The van der Waals surface area contributed by atoms with Gasteiger partial charge in [0.1, 0.15) is 0 Å². The van der Waals surface area contributed by atoms with Crippen molar-refractivity contribution in [1.82, 2.24) is 9.78 Å². The summed E-state index contributed by atoms with van der Waals surface area (Å²) in [5.41, 5.74) is 1.95. The third-order valence-corrected chi connectivity index (χ3v) is 4.39. The number of aliphatic carboxylic acids is 1. The molecule has 4 nitrogen and oxygen atoms in total. The third kappa shape index (κ3) is 3.88. The van der Waals surface area contributed by atoms with Crippen LogP contribution in [-0.2, 0) is 4.79 Å². The average Bonchev–Trinajstić information content (AvgIpc) is 2.92. The zero-order chi connectivity index (χ0) is 15.2. The highest BCUT2D eigenvalue weighted by Crippen LogP contribution is 2.30. The Labute approximate surface area is 129 Å². The first-order valence-corrected chi connectivity index (χ1v) is 8.13. The number of aromatic nitrogens is 2. The Morgan fingerprint density at radius 3 is 2.52 bits per heavy atom. The number of hydrogen-bond donors (Lipinski definition) is 1. The minimum absolute atomic E-state index is 0.0556. The van der Waals surface area contributed by atoms with Gasteiger partial charge < -0.3 is 5.11 Å². The first-order chi connectivity index (χ1) is 10.2. The maximum Gasteiger partial charge on any atom is 0.313 e. The number of carboxylic acid groups (broad SMARTS) is 1. The van der Waals surface area contributed by atoms with Crippen LogP contribution in [0.2, 0.25) is 0 Å². The molecule has 0 atom stereocenters. The second kappa shape index (κ2) is 7.31. The van der Waals surface area contributed by atoms with Crippen molar-refractivity contribution in [2.45, 2.75) is 37.8 Å². The zero-order valence-electron chi connectivity index (χ0n) is 12.3. The highest BCUT2D eigenvalue weighted by Gasteiger charge is 2.16. The summed E-state index contributed by atoms with van der Waals surface area (Å²) < 4.78 is 1.98. The lowest BCUT2D eigenvalue weighted by Gasteiger charge is -2.15. The van der Waals surface area contributed by atoms with Gasteiger partial charge in [-0.1, -0.05) is 55.9 Å². The molecule has 1 N–H and O–H groups in total. The predicted molar refractivity (Wildman–Crippen MR) is 85.6 cm³/mol. The molecule has 0 bridgehead atoms. The van der Waals surface area contributed by atoms with Crippen LogP contribution in [0.4, 0.5) is 0 Å². The molecule has 0 radical (unpaired) electrons. The molecule has 0 aliphatic carbocycles. The SMILES string of the molecule is CCC(CC)n1nc(-c2ccccc2)cc1SCC(=O)O. The number of benzene rings is 1. The Bertz CT molecular complexity index is 592. The lowest BCUT2D eigenvalue weighted by atomic mass is 10.2. The Morgan fingerprint density at radius 1 is 1.29 bits per heavy atom. The van der Waals surface area contributed by atoms with E-state index in [0.717, 1.165) is 29.1 Å². The first kappa shape index (κ1) is 15.6. The van der Waals surface area contributed by atoms with Crippen molar-refractivity contribution in [2.24, 2.45) is 0 Å². The molecule has 0 spiro atoms. The third-order valence-electron chi connectivity index (χ3n) is 3.40. The van der Waals surface area contributed by atoms with Gasteiger partial charge in [-0.3, -0.25) is 9.48 Å². The zero-order valence-corrected chi connectivity index (χ0v) is 13.1. The van der Waals surface area contributed by atoms with Gasteiger partial charge in [-0.2, -0.15) is 5.10 Å². The van der Waals surface area contributed by atoms with Gasteiger partial charge in [0.25, 0.3) is 0 Å². The normalized spacial score (nSPS) is 11.0. The fourth-order valence-corrected chi connectivity index (χ4v) is 3.06. The van der Waals surface area contributed by atoms with Crippen LogP contribution in [-0.4, -0.2) is 26.6 Å². The van der Waals surface area contributed by atoms with Crippen LogP contribution in [0.25, 0.3) is 11.3 Å². The van der Waals surface area contributed by atoms with E-state index in [1.807, 2.05) is 41.1 Å². The van der Waals surface area contributed by atoms with E-state index in [0.29, 0.717) is 6.04 Å². The maximum atomic E-state index is 10.8. The molecule has 112 valence electrons. The Hall–Kier alpha value is -1.75. The second-order valence-electron chi connectivity index (χ2n) is 4.83. The Kier molecular flexibility index (Phi) is 5.44. The van der Waals surface area contributed by atoms with E-state index in [9.17, 15) is 4.79 Å². The van der Waals surface area contributed by atoms with Crippen LogP contribution >= 0.6 is 11.8 Å². The fourth-order valence-electron chi connectivity index (χ4n) is 2.27. The minimum atomic E-state index is -0.807. The van der Waals surface area contributed by atoms with Crippen LogP contribution in [0.3, 0.4) is 0 Å². The average molecular weight is 304 g/mol. The summed E-state index contributed by atoms with van der Waals surface area (Å²) in [6.45, 7) is 4.26. The van der Waals surface area contributed by atoms with E-state index in [1.54, 1.807) is 0 Å². The predicted octanol–water partition coefficient (Wildman–Crippen LogP) is 4.09. The van der Waals surface area contributed by atoms with Gasteiger partial charge >= 0.3 is 5.97 Å². The van der Waals surface area contributed by atoms with Gasteiger partial charge in [-0.05, 0) is 18.9 Å². The highest BCUT2D eigenvalue weighted by molar-refractivity contribution is 7.99. The lowest BCUT2D eigenvalue weighted by Crippen LogP contribution is -2.11. The van der Waals surface area contributed by atoms with Gasteiger partial charge in [-0.25, -0.2) is 0 Å².